The Balaban J connectivity index is 0. The Bertz CT molecular complexity index is 91.8. The maximum atomic E-state index is 8.29. The lowest BCUT2D eigenvalue weighted by atomic mass is 10.3. The molecule has 5 nitrogen and oxygen atoms in total. The molecule has 0 aliphatic rings. The molecule has 94 valence electrons. The zero-order valence-electron chi connectivity index (χ0n) is 9.43. The van der Waals surface area contributed by atoms with Crippen LogP contribution in [0.4, 0.5) is 0 Å². The average Bonchev–Trinajstić information content (AvgIpc) is 2.18. The fourth-order valence-electron chi connectivity index (χ4n) is 0.693. The molecule has 15 heavy (non-hydrogen) atoms. The molecule has 0 heterocycles. The molecule has 0 aromatic carbocycles. The van der Waals surface area contributed by atoms with Gasteiger partial charge in [-0.15, -0.1) is 0 Å². The van der Waals surface area contributed by atoms with E-state index < -0.39 is 6.29 Å². The molecule has 0 aromatic heterocycles. The Morgan fingerprint density at radius 2 is 1.47 bits per heavy atom. The molecule has 0 unspecified atom stereocenters. The third-order valence-corrected chi connectivity index (χ3v) is 1.44. The van der Waals surface area contributed by atoms with Crippen LogP contribution >= 0.6 is 0 Å². The monoisotopic (exact) mass is 224 g/mol. The molecule has 0 radical (unpaired) electrons. The lowest BCUT2D eigenvalue weighted by Crippen LogP contribution is -2.01. The molecule has 0 aliphatic carbocycles. The van der Waals surface area contributed by atoms with E-state index in [1.54, 1.807) is 0 Å². The highest BCUT2D eigenvalue weighted by atomic mass is 16.5. The molecule has 0 amide bonds. The van der Waals surface area contributed by atoms with Crippen molar-refractivity contribution in [1.29, 1.82) is 0 Å². The van der Waals surface area contributed by atoms with Crippen LogP contribution in [0.15, 0.2) is 0 Å². The molecule has 5 heteroatoms. The Morgan fingerprint density at radius 3 is 1.67 bits per heavy atom. The largest absolute Gasteiger partial charge is 0.396 e. The number of aliphatic hydroxyl groups is 4. The lowest BCUT2D eigenvalue weighted by Gasteiger charge is -1.99. The quantitative estimate of drug-likeness (QED) is 0.340. The summed E-state index contributed by atoms with van der Waals surface area (Å²) in [6.07, 6.45) is 1.59. The second-order valence-electron chi connectivity index (χ2n) is 3.04. The Kier molecular flexibility index (Phi) is 18.6. The van der Waals surface area contributed by atoms with Gasteiger partial charge in [-0.2, -0.15) is 0 Å². The van der Waals surface area contributed by atoms with Crippen molar-refractivity contribution in [3.8, 4) is 0 Å². The first-order valence-electron chi connectivity index (χ1n) is 5.34. The van der Waals surface area contributed by atoms with Gasteiger partial charge in [0, 0.05) is 26.4 Å². The molecule has 0 bridgehead atoms. The van der Waals surface area contributed by atoms with Crippen LogP contribution in [0, 0.1) is 0 Å². The first-order valence-corrected chi connectivity index (χ1v) is 5.34. The van der Waals surface area contributed by atoms with E-state index in [0.29, 0.717) is 32.5 Å². The van der Waals surface area contributed by atoms with Gasteiger partial charge in [-0.05, 0) is 19.3 Å². The third kappa shape index (κ3) is 24.8. The van der Waals surface area contributed by atoms with E-state index in [4.69, 9.17) is 25.2 Å². The van der Waals surface area contributed by atoms with Gasteiger partial charge >= 0.3 is 0 Å². The summed E-state index contributed by atoms with van der Waals surface area (Å²) in [5.41, 5.74) is 0. The summed E-state index contributed by atoms with van der Waals surface area (Å²) in [5, 5.41) is 32.8. The van der Waals surface area contributed by atoms with Crippen LogP contribution in [0.2, 0.25) is 0 Å². The number of aliphatic hydroxyl groups excluding tert-OH is 3. The smallest absolute Gasteiger partial charge is 0.151 e. The van der Waals surface area contributed by atoms with Gasteiger partial charge in [0.25, 0.3) is 0 Å². The van der Waals surface area contributed by atoms with E-state index in [9.17, 15) is 0 Å². The van der Waals surface area contributed by atoms with E-state index in [1.807, 2.05) is 6.92 Å². The van der Waals surface area contributed by atoms with Gasteiger partial charge in [-0.25, -0.2) is 0 Å². The molecule has 0 saturated heterocycles. The highest BCUT2D eigenvalue weighted by Crippen LogP contribution is 1.88. The van der Waals surface area contributed by atoms with Gasteiger partial charge < -0.3 is 25.2 Å². The van der Waals surface area contributed by atoms with Crippen LogP contribution in [0.3, 0.4) is 0 Å². The molecule has 0 aromatic rings. The Morgan fingerprint density at radius 1 is 1.00 bits per heavy atom. The number of hydrogen-bond donors (Lipinski definition) is 4. The van der Waals surface area contributed by atoms with E-state index in [0.717, 1.165) is 6.42 Å². The molecule has 0 aliphatic heterocycles. The minimum Gasteiger partial charge on any atom is -0.396 e. The summed E-state index contributed by atoms with van der Waals surface area (Å²) in [4.78, 5) is 0. The predicted molar refractivity (Wildman–Crippen MR) is 57.4 cm³/mol. The van der Waals surface area contributed by atoms with Gasteiger partial charge in [0.05, 0.1) is 0 Å². The second-order valence-corrected chi connectivity index (χ2v) is 3.04. The number of ether oxygens (including phenoxy) is 1. The third-order valence-electron chi connectivity index (χ3n) is 1.44. The maximum absolute atomic E-state index is 8.29. The van der Waals surface area contributed by atoms with Crippen LogP contribution < -0.4 is 0 Å². The standard InChI is InChI=1S/C6H14O3.C4H10O2/c7-3-1-5-9-6-2-4-8;1-2-3-4(5)6/h7-8H,1-6H2;4-6H,2-3H2,1H3. The van der Waals surface area contributed by atoms with E-state index in [1.165, 1.54) is 0 Å². The summed E-state index contributed by atoms with van der Waals surface area (Å²) in [6, 6.07) is 0. The van der Waals surface area contributed by atoms with Crippen molar-refractivity contribution in [3.05, 3.63) is 0 Å². The number of hydrogen-bond acceptors (Lipinski definition) is 5. The Labute approximate surface area is 91.3 Å². The van der Waals surface area contributed by atoms with Crippen molar-refractivity contribution in [1.82, 2.24) is 0 Å². The van der Waals surface area contributed by atoms with Crippen LogP contribution in [0.5, 0.6) is 0 Å². The van der Waals surface area contributed by atoms with Gasteiger partial charge in [-0.3, -0.25) is 0 Å². The Hall–Kier alpha value is -0.200. The summed E-state index contributed by atoms with van der Waals surface area (Å²) in [6.45, 7) is 3.45. The van der Waals surface area contributed by atoms with Gasteiger partial charge in [0.2, 0.25) is 0 Å². The van der Waals surface area contributed by atoms with Crippen molar-refractivity contribution < 1.29 is 25.2 Å². The minimum absolute atomic E-state index is 0.180. The predicted octanol–water partition coefficient (Wildman–Crippen LogP) is -0.135. The van der Waals surface area contributed by atoms with Crippen molar-refractivity contribution in [3.63, 3.8) is 0 Å². The molecule has 0 fully saturated rings. The summed E-state index contributed by atoms with van der Waals surface area (Å²) < 4.78 is 4.99. The first-order chi connectivity index (χ1) is 7.18. The first kappa shape index (κ1) is 17.2. The maximum Gasteiger partial charge on any atom is 0.151 e. The lowest BCUT2D eigenvalue weighted by molar-refractivity contribution is -0.0453. The molecule has 0 atom stereocenters. The van der Waals surface area contributed by atoms with Crippen LogP contribution in [0.1, 0.15) is 32.6 Å². The molecule has 0 rings (SSSR count). The van der Waals surface area contributed by atoms with Crippen molar-refractivity contribution >= 4 is 0 Å². The zero-order valence-corrected chi connectivity index (χ0v) is 9.43. The fraction of sp³-hybridized carbons (Fsp3) is 1.00. The molecule has 4 N–H and O–H groups in total. The van der Waals surface area contributed by atoms with E-state index >= 15 is 0 Å². The van der Waals surface area contributed by atoms with Gasteiger partial charge in [0.1, 0.15) is 0 Å². The zero-order chi connectivity index (χ0) is 11.9. The van der Waals surface area contributed by atoms with Crippen molar-refractivity contribution in [2.75, 3.05) is 26.4 Å². The van der Waals surface area contributed by atoms with E-state index in [2.05, 4.69) is 0 Å². The van der Waals surface area contributed by atoms with Gasteiger partial charge in [-0.1, -0.05) is 13.3 Å². The van der Waals surface area contributed by atoms with Crippen molar-refractivity contribution in [2.45, 2.75) is 38.9 Å². The van der Waals surface area contributed by atoms with Crippen LogP contribution in [-0.2, 0) is 4.74 Å². The SMILES string of the molecule is CCCC(O)O.OCCCOCCCO. The highest BCUT2D eigenvalue weighted by molar-refractivity contribution is 4.33. The summed E-state index contributed by atoms with van der Waals surface area (Å²) in [7, 11) is 0. The molecular formula is C10H24O5. The van der Waals surface area contributed by atoms with Crippen LogP contribution in [0.25, 0.3) is 0 Å². The fourth-order valence-corrected chi connectivity index (χ4v) is 0.693. The number of rotatable bonds is 8. The minimum atomic E-state index is -1.10. The molecule has 0 saturated carbocycles. The molecule has 0 spiro atoms. The van der Waals surface area contributed by atoms with Gasteiger partial charge in [0.15, 0.2) is 6.29 Å². The average molecular weight is 224 g/mol. The van der Waals surface area contributed by atoms with E-state index in [-0.39, 0.29) is 13.2 Å². The van der Waals surface area contributed by atoms with Crippen LogP contribution in [-0.4, -0.2) is 53.1 Å². The summed E-state index contributed by atoms with van der Waals surface area (Å²) in [5.74, 6) is 0. The highest BCUT2D eigenvalue weighted by Gasteiger charge is 1.89. The summed E-state index contributed by atoms with van der Waals surface area (Å²) >= 11 is 0. The topological polar surface area (TPSA) is 90.2 Å². The second kappa shape index (κ2) is 16.2. The normalized spacial score (nSPS) is 10.0. The van der Waals surface area contributed by atoms with Crippen molar-refractivity contribution in [2.24, 2.45) is 0 Å². The molecular weight excluding hydrogens is 200 g/mol.